The van der Waals surface area contributed by atoms with Gasteiger partial charge in [0.1, 0.15) is 6.54 Å². The van der Waals surface area contributed by atoms with Crippen molar-refractivity contribution in [1.82, 2.24) is 14.8 Å². The molecular weight excluding hydrogens is 289 g/mol. The smallest absolute Gasteiger partial charge is 0.362 e. The Balaban J connectivity index is 2.27. The molecule has 0 fully saturated rings. The van der Waals surface area contributed by atoms with Crippen molar-refractivity contribution < 1.29 is 23.1 Å². The van der Waals surface area contributed by atoms with Gasteiger partial charge >= 0.3 is 6.18 Å². The molecule has 0 radical (unpaired) electrons. The number of aryl methyl sites for hydroxylation is 2. The lowest BCUT2D eigenvalue weighted by Crippen LogP contribution is -2.57. The van der Waals surface area contributed by atoms with Crippen LogP contribution in [0.15, 0.2) is 11.2 Å². The molecule has 0 aliphatic carbocycles. The summed E-state index contributed by atoms with van der Waals surface area (Å²) in [5.41, 5.74) is -1.97. The highest BCUT2D eigenvalue weighted by molar-refractivity contribution is 5.89. The van der Waals surface area contributed by atoms with E-state index in [2.05, 4.69) is 10.2 Å². The van der Waals surface area contributed by atoms with Crippen molar-refractivity contribution in [2.75, 3.05) is 0 Å². The fourth-order valence-corrected chi connectivity index (χ4v) is 2.23. The number of alkyl halides is 3. The highest BCUT2D eigenvalue weighted by Gasteiger charge is 2.62. The zero-order valence-corrected chi connectivity index (χ0v) is 11.8. The molecule has 0 spiro atoms. The number of carbonyl (C=O) groups is 1. The Labute approximate surface area is 118 Å². The number of halogens is 3. The quantitative estimate of drug-likeness (QED) is 0.897. The number of hydrogen-bond donors (Lipinski definition) is 1. The fourth-order valence-electron chi connectivity index (χ4n) is 2.23. The Bertz CT molecular complexity index is 608. The Morgan fingerprint density at radius 2 is 2.05 bits per heavy atom. The summed E-state index contributed by atoms with van der Waals surface area (Å²) in [5.74, 6) is -0.974. The Kier molecular flexibility index (Phi) is 3.56. The van der Waals surface area contributed by atoms with Crippen LogP contribution in [0, 0.1) is 13.8 Å². The third-order valence-electron chi connectivity index (χ3n) is 3.20. The zero-order chi connectivity index (χ0) is 16.0. The Hall–Kier alpha value is -1.90. The standard InChI is InChI=1S/C12H15F3N4O2/c1-7-4-9(3)18(16-7)6-10(20)19-11(21,12(13,14)15)5-8(2)17-19/h4,21H,5-6H2,1-3H3. The first-order chi connectivity index (χ1) is 9.54. The predicted octanol–water partition coefficient (Wildman–Crippen LogP) is 1.36. The van der Waals surface area contributed by atoms with Gasteiger partial charge in [0.05, 0.1) is 5.69 Å². The predicted molar refractivity (Wildman–Crippen MR) is 67.3 cm³/mol. The van der Waals surface area contributed by atoms with E-state index in [1.54, 1.807) is 19.9 Å². The molecule has 1 unspecified atom stereocenters. The molecule has 2 heterocycles. The lowest BCUT2D eigenvalue weighted by molar-refractivity contribution is -0.302. The first-order valence-electron chi connectivity index (χ1n) is 6.22. The molecule has 6 nitrogen and oxygen atoms in total. The summed E-state index contributed by atoms with van der Waals surface area (Å²) in [5, 5.41) is 17.5. The molecule has 2 rings (SSSR count). The van der Waals surface area contributed by atoms with Crippen molar-refractivity contribution in [3.05, 3.63) is 17.5 Å². The second-order valence-electron chi connectivity index (χ2n) is 5.12. The number of hydrogen-bond acceptors (Lipinski definition) is 4. The number of nitrogens with zero attached hydrogens (tertiary/aromatic N) is 4. The molecular formula is C12H15F3N4O2. The van der Waals surface area contributed by atoms with Crippen molar-refractivity contribution in [3.63, 3.8) is 0 Å². The van der Waals surface area contributed by atoms with Crippen molar-refractivity contribution in [3.8, 4) is 0 Å². The van der Waals surface area contributed by atoms with E-state index in [-0.39, 0.29) is 10.7 Å². The SMILES string of the molecule is CC1=NN(C(=O)Cn2nc(C)cc2C)C(O)(C(F)(F)F)C1. The maximum atomic E-state index is 13.0. The summed E-state index contributed by atoms with van der Waals surface area (Å²) in [4.78, 5) is 12.1. The number of aliphatic hydroxyl groups is 1. The molecule has 9 heteroatoms. The van der Waals surface area contributed by atoms with E-state index in [1.165, 1.54) is 11.6 Å². The van der Waals surface area contributed by atoms with Crippen LogP contribution in [-0.4, -0.2) is 43.4 Å². The molecule has 1 aliphatic heterocycles. The van der Waals surface area contributed by atoms with Crippen LogP contribution < -0.4 is 0 Å². The van der Waals surface area contributed by atoms with Crippen LogP contribution in [0.3, 0.4) is 0 Å². The maximum Gasteiger partial charge on any atom is 0.438 e. The molecule has 1 N–H and O–H groups in total. The average molecular weight is 304 g/mol. The van der Waals surface area contributed by atoms with E-state index >= 15 is 0 Å². The molecule has 0 saturated heterocycles. The van der Waals surface area contributed by atoms with Crippen LogP contribution in [0.4, 0.5) is 13.2 Å². The molecule has 1 aliphatic rings. The highest BCUT2D eigenvalue weighted by Crippen LogP contribution is 2.40. The summed E-state index contributed by atoms with van der Waals surface area (Å²) in [6.45, 7) is 4.29. The van der Waals surface area contributed by atoms with Crippen LogP contribution in [0.5, 0.6) is 0 Å². The minimum atomic E-state index is -4.99. The van der Waals surface area contributed by atoms with Crippen LogP contribution in [0.1, 0.15) is 24.7 Å². The van der Waals surface area contributed by atoms with Gasteiger partial charge in [0.2, 0.25) is 0 Å². The Morgan fingerprint density at radius 3 is 2.52 bits per heavy atom. The number of amides is 1. The van der Waals surface area contributed by atoms with Gasteiger partial charge in [-0.05, 0) is 26.8 Å². The molecule has 116 valence electrons. The molecule has 1 atom stereocenters. The monoisotopic (exact) mass is 304 g/mol. The van der Waals surface area contributed by atoms with Crippen molar-refractivity contribution in [2.24, 2.45) is 5.10 Å². The van der Waals surface area contributed by atoms with Gasteiger partial charge in [-0.1, -0.05) is 0 Å². The van der Waals surface area contributed by atoms with Crippen LogP contribution in [0.25, 0.3) is 0 Å². The largest absolute Gasteiger partial charge is 0.438 e. The minimum Gasteiger partial charge on any atom is -0.362 e. The van der Waals surface area contributed by atoms with E-state index in [1.807, 2.05) is 0 Å². The second kappa shape index (κ2) is 4.83. The maximum absolute atomic E-state index is 13.0. The summed E-state index contributed by atoms with van der Waals surface area (Å²) < 4.78 is 40.3. The molecule has 1 aromatic rings. The number of hydrazone groups is 1. The minimum absolute atomic E-state index is 0.0385. The lowest BCUT2D eigenvalue weighted by Gasteiger charge is -2.32. The van der Waals surface area contributed by atoms with E-state index in [0.717, 1.165) is 0 Å². The molecule has 0 bridgehead atoms. The van der Waals surface area contributed by atoms with Gasteiger partial charge in [-0.15, -0.1) is 0 Å². The molecule has 0 saturated carbocycles. The zero-order valence-electron chi connectivity index (χ0n) is 11.8. The first kappa shape index (κ1) is 15.5. The normalized spacial score (nSPS) is 22.6. The van der Waals surface area contributed by atoms with Gasteiger partial charge in [0.25, 0.3) is 11.6 Å². The van der Waals surface area contributed by atoms with Crippen LogP contribution >= 0.6 is 0 Å². The van der Waals surface area contributed by atoms with Gasteiger partial charge in [-0.25, -0.2) is 0 Å². The van der Waals surface area contributed by atoms with Gasteiger partial charge < -0.3 is 5.11 Å². The Morgan fingerprint density at radius 1 is 1.43 bits per heavy atom. The van der Waals surface area contributed by atoms with Crippen molar-refractivity contribution in [2.45, 2.75) is 45.6 Å². The summed E-state index contributed by atoms with van der Waals surface area (Å²) in [7, 11) is 0. The molecule has 1 amide bonds. The number of carbonyl (C=O) groups excluding carboxylic acids is 1. The lowest BCUT2D eigenvalue weighted by atomic mass is 10.1. The third kappa shape index (κ3) is 2.65. The third-order valence-corrected chi connectivity index (χ3v) is 3.20. The topological polar surface area (TPSA) is 70.7 Å². The van der Waals surface area contributed by atoms with Gasteiger partial charge in [0.15, 0.2) is 0 Å². The van der Waals surface area contributed by atoms with Crippen LogP contribution in [-0.2, 0) is 11.3 Å². The number of rotatable bonds is 2. The molecule has 1 aromatic heterocycles. The molecule has 21 heavy (non-hydrogen) atoms. The van der Waals surface area contributed by atoms with E-state index in [0.29, 0.717) is 11.4 Å². The van der Waals surface area contributed by atoms with E-state index in [4.69, 9.17) is 0 Å². The van der Waals surface area contributed by atoms with E-state index < -0.39 is 30.8 Å². The van der Waals surface area contributed by atoms with Crippen molar-refractivity contribution in [1.29, 1.82) is 0 Å². The van der Waals surface area contributed by atoms with Gasteiger partial charge in [-0.3, -0.25) is 9.48 Å². The second-order valence-corrected chi connectivity index (χ2v) is 5.12. The van der Waals surface area contributed by atoms with Crippen LogP contribution in [0.2, 0.25) is 0 Å². The fraction of sp³-hybridized carbons (Fsp3) is 0.583. The van der Waals surface area contributed by atoms with Crippen molar-refractivity contribution >= 4 is 11.6 Å². The summed E-state index contributed by atoms with van der Waals surface area (Å²) in [6, 6.07) is 1.70. The summed E-state index contributed by atoms with van der Waals surface area (Å²) in [6.07, 6.45) is -5.74. The summed E-state index contributed by atoms with van der Waals surface area (Å²) >= 11 is 0. The first-order valence-corrected chi connectivity index (χ1v) is 6.22. The molecule has 0 aromatic carbocycles. The van der Waals surface area contributed by atoms with E-state index in [9.17, 15) is 23.1 Å². The highest BCUT2D eigenvalue weighted by atomic mass is 19.4. The average Bonchev–Trinajstić information content (AvgIpc) is 2.79. The number of aromatic nitrogens is 2. The van der Waals surface area contributed by atoms with Gasteiger partial charge in [0, 0.05) is 17.8 Å². The van der Waals surface area contributed by atoms with Gasteiger partial charge in [-0.2, -0.15) is 28.4 Å².